The van der Waals surface area contributed by atoms with E-state index in [1.165, 1.54) is 9.80 Å². The molecule has 2 aliphatic rings. The zero-order chi connectivity index (χ0) is 17.3. The normalized spacial score (nSPS) is 25.6. The number of carbonyl (C=O) groups is 1. The van der Waals surface area contributed by atoms with Crippen molar-refractivity contribution in [1.29, 1.82) is 0 Å². The average Bonchev–Trinajstić information content (AvgIpc) is 3.02. The highest BCUT2D eigenvalue weighted by molar-refractivity contribution is 5.85. The average molecular weight is 416 g/mol. The topological polar surface area (TPSA) is 35.6 Å². The predicted octanol–water partition coefficient (Wildman–Crippen LogP) is 2.56. The first-order chi connectivity index (χ1) is 10.6. The Kier molecular flexibility index (Phi) is 9.38. The van der Waals surface area contributed by atoms with E-state index >= 15 is 0 Å². The lowest BCUT2D eigenvalue weighted by Crippen LogP contribution is -2.43. The molecule has 2 fully saturated rings. The smallest absolute Gasteiger partial charge is 0.341 e. The second-order valence-corrected chi connectivity index (χ2v) is 6.38. The summed E-state index contributed by atoms with van der Waals surface area (Å²) in [7, 11) is 0. The molecule has 150 valence electrons. The van der Waals surface area contributed by atoms with E-state index < -0.39 is 37.7 Å². The van der Waals surface area contributed by atoms with Gasteiger partial charge in [-0.3, -0.25) is 15.0 Å². The zero-order valence-corrected chi connectivity index (χ0v) is 15.5. The Labute approximate surface area is 156 Å². The first kappa shape index (κ1) is 24.6. The lowest BCUT2D eigenvalue weighted by molar-refractivity contribution is -0.146. The van der Waals surface area contributed by atoms with E-state index in [4.69, 9.17) is 0 Å². The van der Waals surface area contributed by atoms with Crippen LogP contribution in [0.25, 0.3) is 0 Å². The number of amides is 1. The SMILES string of the molecule is CCN(CC1CCN(C(=O)C2CC(F)(F)CN2)C1)CC(F)(F)F.Cl.Cl. The molecular weight excluding hydrogens is 392 g/mol. The number of nitrogens with one attached hydrogen (secondary N) is 1. The van der Waals surface area contributed by atoms with Crippen LogP contribution in [-0.4, -0.2) is 73.1 Å². The van der Waals surface area contributed by atoms with E-state index in [1.54, 1.807) is 6.92 Å². The molecule has 2 atom stereocenters. The van der Waals surface area contributed by atoms with Crippen LogP contribution in [0.1, 0.15) is 19.8 Å². The minimum atomic E-state index is -4.25. The van der Waals surface area contributed by atoms with Crippen molar-refractivity contribution in [2.24, 2.45) is 5.92 Å². The molecule has 2 rings (SSSR count). The highest BCUT2D eigenvalue weighted by Crippen LogP contribution is 2.28. The van der Waals surface area contributed by atoms with Crippen LogP contribution in [0.4, 0.5) is 22.0 Å². The van der Waals surface area contributed by atoms with Gasteiger partial charge >= 0.3 is 6.18 Å². The van der Waals surface area contributed by atoms with Gasteiger partial charge in [0.1, 0.15) is 0 Å². The maximum Gasteiger partial charge on any atom is 0.401 e. The van der Waals surface area contributed by atoms with E-state index in [0.29, 0.717) is 19.5 Å². The fraction of sp³-hybridized carbons (Fsp3) is 0.929. The highest BCUT2D eigenvalue weighted by atomic mass is 35.5. The van der Waals surface area contributed by atoms with Gasteiger partial charge in [-0.2, -0.15) is 13.2 Å². The van der Waals surface area contributed by atoms with Crippen LogP contribution in [0.2, 0.25) is 0 Å². The minimum Gasteiger partial charge on any atom is -0.341 e. The molecule has 4 nitrogen and oxygen atoms in total. The molecule has 0 spiro atoms. The molecule has 11 heteroatoms. The summed E-state index contributed by atoms with van der Waals surface area (Å²) in [5.41, 5.74) is 0. The van der Waals surface area contributed by atoms with Crippen molar-refractivity contribution in [1.82, 2.24) is 15.1 Å². The summed E-state index contributed by atoms with van der Waals surface area (Å²) in [6, 6.07) is -0.888. The Balaban J connectivity index is 0.00000288. The van der Waals surface area contributed by atoms with Crippen LogP contribution in [0.5, 0.6) is 0 Å². The fourth-order valence-corrected chi connectivity index (χ4v) is 3.22. The van der Waals surface area contributed by atoms with Gasteiger partial charge in [-0.15, -0.1) is 24.8 Å². The third-order valence-corrected chi connectivity index (χ3v) is 4.37. The van der Waals surface area contributed by atoms with Gasteiger partial charge in [-0.25, -0.2) is 8.78 Å². The summed E-state index contributed by atoms with van der Waals surface area (Å²) in [5.74, 6) is -3.29. The molecule has 0 aromatic heterocycles. The quantitative estimate of drug-likeness (QED) is 0.700. The zero-order valence-electron chi connectivity index (χ0n) is 13.8. The number of halogens is 7. The van der Waals surface area contributed by atoms with Gasteiger partial charge in [0.05, 0.1) is 19.1 Å². The van der Waals surface area contributed by atoms with Crippen molar-refractivity contribution >= 4 is 30.7 Å². The number of hydrogen-bond donors (Lipinski definition) is 1. The van der Waals surface area contributed by atoms with Crippen LogP contribution in [0.15, 0.2) is 0 Å². The Bertz CT molecular complexity index is 439. The summed E-state index contributed by atoms with van der Waals surface area (Å²) in [6.07, 6.45) is -4.16. The second-order valence-electron chi connectivity index (χ2n) is 6.38. The molecule has 0 aromatic carbocycles. The van der Waals surface area contributed by atoms with Crippen molar-refractivity contribution in [2.45, 2.75) is 37.9 Å². The van der Waals surface area contributed by atoms with Crippen LogP contribution in [0.3, 0.4) is 0 Å². The Hall–Kier alpha value is -0.380. The molecule has 2 heterocycles. The maximum absolute atomic E-state index is 13.1. The van der Waals surface area contributed by atoms with Gasteiger partial charge in [-0.1, -0.05) is 6.92 Å². The summed E-state index contributed by atoms with van der Waals surface area (Å²) < 4.78 is 63.7. The second kappa shape index (κ2) is 9.53. The largest absolute Gasteiger partial charge is 0.401 e. The molecule has 1 N–H and O–H groups in total. The third-order valence-electron chi connectivity index (χ3n) is 4.37. The molecule has 25 heavy (non-hydrogen) atoms. The Morgan fingerprint density at radius 1 is 1.32 bits per heavy atom. The molecule has 0 radical (unpaired) electrons. The number of hydrogen-bond acceptors (Lipinski definition) is 3. The number of rotatable bonds is 5. The van der Waals surface area contributed by atoms with Crippen LogP contribution in [-0.2, 0) is 4.79 Å². The molecule has 0 bridgehead atoms. The predicted molar refractivity (Wildman–Crippen MR) is 88.7 cm³/mol. The summed E-state index contributed by atoms with van der Waals surface area (Å²) in [5, 5.41) is 2.52. The van der Waals surface area contributed by atoms with Gasteiger partial charge in [0.2, 0.25) is 5.91 Å². The third kappa shape index (κ3) is 7.40. The van der Waals surface area contributed by atoms with Crippen molar-refractivity contribution in [2.75, 3.05) is 39.3 Å². The van der Waals surface area contributed by atoms with Crippen LogP contribution >= 0.6 is 24.8 Å². The standard InChI is InChI=1S/C14H22F5N3O.2ClH/c1-2-21(9-14(17,18)19)6-10-3-4-22(7-10)12(23)11-5-13(15,16)8-20-11;;/h10-11,20H,2-9H2,1H3;2*1H. The molecule has 1 amide bonds. The molecule has 0 saturated carbocycles. The Morgan fingerprint density at radius 2 is 1.96 bits per heavy atom. The lowest BCUT2D eigenvalue weighted by Gasteiger charge is -2.25. The number of alkyl halides is 5. The van der Waals surface area contributed by atoms with Gasteiger partial charge in [0.15, 0.2) is 0 Å². The summed E-state index contributed by atoms with van der Waals surface area (Å²) in [4.78, 5) is 15.0. The Morgan fingerprint density at radius 3 is 2.44 bits per heavy atom. The lowest BCUT2D eigenvalue weighted by atomic mass is 10.1. The molecular formula is C14H24Cl2F5N3O. The first-order valence-electron chi connectivity index (χ1n) is 7.79. The minimum absolute atomic E-state index is 0. The van der Waals surface area contributed by atoms with Gasteiger partial charge < -0.3 is 4.90 Å². The van der Waals surface area contributed by atoms with Gasteiger partial charge in [0.25, 0.3) is 5.92 Å². The number of likely N-dealkylation sites (tertiary alicyclic amines) is 1. The number of nitrogens with zero attached hydrogens (tertiary/aromatic N) is 2. The molecule has 2 saturated heterocycles. The van der Waals surface area contributed by atoms with Crippen molar-refractivity contribution < 1.29 is 26.7 Å². The van der Waals surface area contributed by atoms with Crippen LogP contribution < -0.4 is 5.32 Å². The van der Waals surface area contributed by atoms with E-state index in [9.17, 15) is 26.7 Å². The number of carbonyl (C=O) groups excluding carboxylic acids is 1. The van der Waals surface area contributed by atoms with E-state index in [0.717, 1.165) is 0 Å². The van der Waals surface area contributed by atoms with Crippen molar-refractivity contribution in [3.05, 3.63) is 0 Å². The molecule has 2 unspecified atom stereocenters. The van der Waals surface area contributed by atoms with Gasteiger partial charge in [0, 0.05) is 26.1 Å². The van der Waals surface area contributed by atoms with E-state index in [-0.39, 0.29) is 49.7 Å². The van der Waals surface area contributed by atoms with E-state index in [2.05, 4.69) is 5.32 Å². The molecule has 0 aliphatic carbocycles. The monoisotopic (exact) mass is 415 g/mol. The highest BCUT2D eigenvalue weighted by Gasteiger charge is 2.44. The van der Waals surface area contributed by atoms with Crippen molar-refractivity contribution in [3.63, 3.8) is 0 Å². The van der Waals surface area contributed by atoms with Crippen molar-refractivity contribution in [3.8, 4) is 0 Å². The summed E-state index contributed by atoms with van der Waals surface area (Å²) >= 11 is 0. The first-order valence-corrected chi connectivity index (χ1v) is 7.79. The molecule has 0 aromatic rings. The molecule has 2 aliphatic heterocycles. The van der Waals surface area contributed by atoms with Gasteiger partial charge in [-0.05, 0) is 18.9 Å². The summed E-state index contributed by atoms with van der Waals surface area (Å²) in [6.45, 7) is 1.47. The maximum atomic E-state index is 13.1. The van der Waals surface area contributed by atoms with Crippen LogP contribution in [0, 0.1) is 5.92 Å². The fourth-order valence-electron chi connectivity index (χ4n) is 3.22. The van der Waals surface area contributed by atoms with E-state index in [1.807, 2.05) is 0 Å².